The summed E-state index contributed by atoms with van der Waals surface area (Å²) in [7, 11) is 0. The summed E-state index contributed by atoms with van der Waals surface area (Å²) in [6, 6.07) is 5.29. The van der Waals surface area contributed by atoms with Crippen LogP contribution >= 0.6 is 22.6 Å². The van der Waals surface area contributed by atoms with Crippen molar-refractivity contribution in [2.75, 3.05) is 0 Å². The van der Waals surface area contributed by atoms with E-state index in [4.69, 9.17) is 0 Å². The van der Waals surface area contributed by atoms with Gasteiger partial charge >= 0.3 is 0 Å². The highest BCUT2D eigenvalue weighted by atomic mass is 127. The van der Waals surface area contributed by atoms with Gasteiger partial charge in [0.2, 0.25) is 0 Å². The monoisotopic (exact) mass is 318 g/mol. The van der Waals surface area contributed by atoms with Crippen molar-refractivity contribution in [2.24, 2.45) is 5.41 Å². The second-order valence-electron chi connectivity index (χ2n) is 4.37. The molecule has 0 aliphatic rings. The number of nitrogens with zero attached hydrogens (tertiary/aromatic N) is 1. The summed E-state index contributed by atoms with van der Waals surface area (Å²) in [5, 5.41) is 10.8. The first kappa shape index (κ1) is 12.4. The van der Waals surface area contributed by atoms with Crippen LogP contribution in [0.2, 0.25) is 0 Å². The molecule has 4 heteroatoms. The number of halogens is 1. The van der Waals surface area contributed by atoms with Crippen molar-refractivity contribution in [1.29, 1.82) is 0 Å². The van der Waals surface area contributed by atoms with Crippen LogP contribution in [0.5, 0.6) is 0 Å². The Morgan fingerprint density at radius 1 is 1.53 bits per heavy atom. The molecule has 1 radical (unpaired) electrons. The standard InChI is InChI=1S/C11H13INO2/c1-11(2,3)7-8-4-5-9(12)6-10(8)13(14)15/h4-6H,1,7H2,2-3H3. The van der Waals surface area contributed by atoms with Crippen molar-refractivity contribution in [2.45, 2.75) is 20.3 Å². The fourth-order valence-corrected chi connectivity index (χ4v) is 1.85. The van der Waals surface area contributed by atoms with Crippen LogP contribution in [0, 0.1) is 26.0 Å². The summed E-state index contributed by atoms with van der Waals surface area (Å²) in [4.78, 5) is 10.5. The van der Waals surface area contributed by atoms with Gasteiger partial charge in [-0.05, 0) is 47.4 Å². The van der Waals surface area contributed by atoms with Gasteiger partial charge in [0, 0.05) is 15.2 Å². The zero-order chi connectivity index (χ0) is 11.6. The zero-order valence-electron chi connectivity index (χ0n) is 8.79. The second-order valence-corrected chi connectivity index (χ2v) is 5.62. The van der Waals surface area contributed by atoms with E-state index >= 15 is 0 Å². The summed E-state index contributed by atoms with van der Waals surface area (Å²) in [6.07, 6.45) is 0.611. The van der Waals surface area contributed by atoms with Crippen molar-refractivity contribution in [3.05, 3.63) is 44.4 Å². The van der Waals surface area contributed by atoms with Gasteiger partial charge in [-0.3, -0.25) is 10.1 Å². The molecule has 1 aromatic carbocycles. The Labute approximate surface area is 103 Å². The van der Waals surface area contributed by atoms with Crippen LogP contribution in [0.25, 0.3) is 0 Å². The molecule has 0 aliphatic heterocycles. The fourth-order valence-electron chi connectivity index (χ4n) is 1.37. The smallest absolute Gasteiger partial charge is 0.258 e. The minimum absolute atomic E-state index is 0.183. The molecule has 0 saturated heterocycles. The molecule has 81 valence electrons. The van der Waals surface area contributed by atoms with E-state index in [0.717, 1.165) is 9.13 Å². The minimum Gasteiger partial charge on any atom is -0.258 e. The number of rotatable bonds is 3. The molecule has 0 atom stereocenters. The molecular formula is C11H13INO2. The zero-order valence-corrected chi connectivity index (χ0v) is 10.9. The van der Waals surface area contributed by atoms with E-state index in [1.165, 1.54) is 0 Å². The summed E-state index contributed by atoms with van der Waals surface area (Å²) < 4.78 is 0.880. The maximum absolute atomic E-state index is 10.8. The molecule has 0 aromatic heterocycles. The molecule has 0 amide bonds. The largest absolute Gasteiger partial charge is 0.273 e. The Morgan fingerprint density at radius 2 is 2.13 bits per heavy atom. The molecule has 0 spiro atoms. The van der Waals surface area contributed by atoms with Crippen LogP contribution in [-0.4, -0.2) is 4.92 Å². The van der Waals surface area contributed by atoms with Crippen molar-refractivity contribution in [1.82, 2.24) is 0 Å². The van der Waals surface area contributed by atoms with Gasteiger partial charge in [0.15, 0.2) is 0 Å². The first-order valence-corrected chi connectivity index (χ1v) is 5.66. The highest BCUT2D eigenvalue weighted by Crippen LogP contribution is 2.28. The number of benzene rings is 1. The van der Waals surface area contributed by atoms with E-state index in [9.17, 15) is 10.1 Å². The maximum atomic E-state index is 10.8. The highest BCUT2D eigenvalue weighted by molar-refractivity contribution is 14.1. The molecule has 3 nitrogen and oxygen atoms in total. The topological polar surface area (TPSA) is 43.1 Å². The van der Waals surface area contributed by atoms with E-state index in [1.807, 2.05) is 26.0 Å². The van der Waals surface area contributed by atoms with E-state index in [2.05, 4.69) is 29.5 Å². The molecule has 0 saturated carbocycles. The predicted octanol–water partition coefficient (Wildman–Crippen LogP) is 3.60. The van der Waals surface area contributed by atoms with E-state index in [-0.39, 0.29) is 16.0 Å². The summed E-state index contributed by atoms with van der Waals surface area (Å²) in [6.45, 7) is 7.90. The summed E-state index contributed by atoms with van der Waals surface area (Å²) in [5.74, 6) is 0. The lowest BCUT2D eigenvalue weighted by Crippen LogP contribution is -2.11. The minimum atomic E-state index is -0.330. The number of hydrogen-bond acceptors (Lipinski definition) is 2. The molecule has 0 aliphatic carbocycles. The van der Waals surface area contributed by atoms with Crippen LogP contribution in [-0.2, 0) is 6.42 Å². The van der Waals surface area contributed by atoms with Crippen LogP contribution in [0.15, 0.2) is 18.2 Å². The first-order valence-electron chi connectivity index (χ1n) is 4.58. The Balaban J connectivity index is 3.12. The predicted molar refractivity (Wildman–Crippen MR) is 68.7 cm³/mol. The van der Waals surface area contributed by atoms with Gasteiger partial charge in [0.1, 0.15) is 0 Å². The van der Waals surface area contributed by atoms with Gasteiger partial charge < -0.3 is 0 Å². The van der Waals surface area contributed by atoms with Gasteiger partial charge in [-0.2, -0.15) is 0 Å². The van der Waals surface area contributed by atoms with Gasteiger partial charge in [0.05, 0.1) is 4.92 Å². The van der Waals surface area contributed by atoms with E-state index in [1.54, 1.807) is 6.07 Å². The Kier molecular flexibility index (Phi) is 3.70. The van der Waals surface area contributed by atoms with Crippen molar-refractivity contribution in [3.8, 4) is 0 Å². The lowest BCUT2D eigenvalue weighted by molar-refractivity contribution is -0.385. The third kappa shape index (κ3) is 3.77. The van der Waals surface area contributed by atoms with Crippen LogP contribution in [0.1, 0.15) is 19.4 Å². The first-order chi connectivity index (χ1) is 6.79. The summed E-state index contributed by atoms with van der Waals surface area (Å²) in [5.41, 5.74) is 0.761. The third-order valence-electron chi connectivity index (χ3n) is 1.91. The van der Waals surface area contributed by atoms with Crippen LogP contribution < -0.4 is 0 Å². The Morgan fingerprint density at radius 3 is 2.60 bits per heavy atom. The van der Waals surface area contributed by atoms with Crippen molar-refractivity contribution in [3.63, 3.8) is 0 Å². The SMILES string of the molecule is [CH2]C(C)(C)Cc1ccc(I)cc1[N+](=O)[O-]. The van der Waals surface area contributed by atoms with Gasteiger partial charge in [-0.25, -0.2) is 0 Å². The average Bonchev–Trinajstić information content (AvgIpc) is 2.05. The number of hydrogen-bond donors (Lipinski definition) is 0. The van der Waals surface area contributed by atoms with E-state index in [0.29, 0.717) is 6.42 Å². The molecule has 0 N–H and O–H groups in total. The number of nitro groups is 1. The molecule has 0 fully saturated rings. The number of nitro benzene ring substituents is 1. The quantitative estimate of drug-likeness (QED) is 0.485. The molecule has 1 rings (SSSR count). The van der Waals surface area contributed by atoms with Crippen LogP contribution in [0.3, 0.4) is 0 Å². The van der Waals surface area contributed by atoms with Gasteiger partial charge in [-0.15, -0.1) is 0 Å². The van der Waals surface area contributed by atoms with Crippen molar-refractivity contribution >= 4 is 28.3 Å². The summed E-state index contributed by atoms with van der Waals surface area (Å²) >= 11 is 2.07. The van der Waals surface area contributed by atoms with Gasteiger partial charge in [0.25, 0.3) is 5.69 Å². The molecule has 15 heavy (non-hydrogen) atoms. The van der Waals surface area contributed by atoms with Crippen LogP contribution in [0.4, 0.5) is 5.69 Å². The molecular weight excluding hydrogens is 305 g/mol. The maximum Gasteiger partial charge on any atom is 0.273 e. The third-order valence-corrected chi connectivity index (χ3v) is 2.58. The highest BCUT2D eigenvalue weighted by Gasteiger charge is 2.19. The van der Waals surface area contributed by atoms with Gasteiger partial charge in [-0.1, -0.05) is 19.9 Å². The Hall–Kier alpha value is -0.650. The lowest BCUT2D eigenvalue weighted by Gasteiger charge is -2.17. The molecule has 0 bridgehead atoms. The molecule has 0 heterocycles. The Bertz CT molecular complexity index is 383. The normalized spacial score (nSPS) is 11.5. The van der Waals surface area contributed by atoms with E-state index < -0.39 is 0 Å². The molecule has 1 aromatic rings. The molecule has 0 unspecified atom stereocenters. The second kappa shape index (κ2) is 4.47. The van der Waals surface area contributed by atoms with Crippen molar-refractivity contribution < 1.29 is 4.92 Å². The lowest BCUT2D eigenvalue weighted by atomic mass is 9.87. The fraction of sp³-hybridized carbons (Fsp3) is 0.364. The average molecular weight is 318 g/mol.